The van der Waals surface area contributed by atoms with Crippen molar-refractivity contribution in [3.63, 3.8) is 0 Å². The second kappa shape index (κ2) is 7.58. The average molecular weight is 421 g/mol. The van der Waals surface area contributed by atoms with Crippen molar-refractivity contribution in [2.45, 2.75) is 18.7 Å². The van der Waals surface area contributed by atoms with E-state index in [0.29, 0.717) is 5.02 Å². The van der Waals surface area contributed by atoms with Crippen LogP contribution in [0, 0.1) is 0 Å². The lowest BCUT2D eigenvalue weighted by Crippen LogP contribution is -2.33. The average Bonchev–Trinajstić information content (AvgIpc) is 3.24. The molecule has 0 spiro atoms. The summed E-state index contributed by atoms with van der Waals surface area (Å²) in [6.07, 6.45) is 0.366. The Bertz CT molecular complexity index is 1110. The maximum Gasteiger partial charge on any atom is 0.217 e. The van der Waals surface area contributed by atoms with E-state index in [4.69, 9.17) is 30.9 Å². The summed E-state index contributed by atoms with van der Waals surface area (Å²) in [6.45, 7) is 0. The number of para-hydroxylation sites is 1. The SMILES string of the molecule is COc1ccc(C2=NN3[C@@H](C2)c2cc(Cl)ccc2O[C@H]3c2ccccc2OC)cc1. The lowest BCUT2D eigenvalue weighted by Gasteiger charge is -2.38. The van der Waals surface area contributed by atoms with Gasteiger partial charge >= 0.3 is 0 Å². The topological polar surface area (TPSA) is 43.3 Å². The lowest BCUT2D eigenvalue weighted by atomic mass is 9.95. The number of hydrogen-bond acceptors (Lipinski definition) is 5. The van der Waals surface area contributed by atoms with Gasteiger partial charge in [0.25, 0.3) is 0 Å². The molecule has 0 amide bonds. The lowest BCUT2D eigenvalue weighted by molar-refractivity contribution is -0.0203. The van der Waals surface area contributed by atoms with Gasteiger partial charge in [-0.25, -0.2) is 5.01 Å². The highest BCUT2D eigenvalue weighted by molar-refractivity contribution is 6.30. The minimum Gasteiger partial charge on any atom is -0.497 e. The molecule has 30 heavy (non-hydrogen) atoms. The first-order valence-electron chi connectivity index (χ1n) is 9.77. The van der Waals surface area contributed by atoms with Crippen molar-refractivity contribution >= 4 is 17.3 Å². The molecule has 0 radical (unpaired) electrons. The van der Waals surface area contributed by atoms with E-state index >= 15 is 0 Å². The van der Waals surface area contributed by atoms with Crippen LogP contribution in [0.5, 0.6) is 17.2 Å². The van der Waals surface area contributed by atoms with Gasteiger partial charge in [-0.15, -0.1) is 0 Å². The number of halogens is 1. The van der Waals surface area contributed by atoms with Crippen LogP contribution in [0.1, 0.15) is 35.4 Å². The number of rotatable bonds is 4. The van der Waals surface area contributed by atoms with Crippen molar-refractivity contribution in [2.24, 2.45) is 5.10 Å². The fraction of sp³-hybridized carbons (Fsp3) is 0.208. The van der Waals surface area contributed by atoms with E-state index in [1.807, 2.05) is 71.7 Å². The van der Waals surface area contributed by atoms with Crippen LogP contribution in [-0.2, 0) is 0 Å². The summed E-state index contributed by atoms with van der Waals surface area (Å²) < 4.78 is 17.3. The molecular formula is C24H21ClN2O3. The van der Waals surface area contributed by atoms with E-state index in [1.54, 1.807) is 14.2 Å². The van der Waals surface area contributed by atoms with Crippen molar-refractivity contribution in [3.8, 4) is 17.2 Å². The highest BCUT2D eigenvalue weighted by Gasteiger charge is 2.42. The van der Waals surface area contributed by atoms with Gasteiger partial charge < -0.3 is 14.2 Å². The Kier molecular flexibility index (Phi) is 4.75. The normalized spacial score (nSPS) is 19.4. The third kappa shape index (κ3) is 3.15. The first kappa shape index (κ1) is 18.8. The number of nitrogens with zero attached hydrogens (tertiary/aromatic N) is 2. The van der Waals surface area contributed by atoms with Crippen LogP contribution in [0.3, 0.4) is 0 Å². The maximum atomic E-state index is 6.41. The van der Waals surface area contributed by atoms with Crippen molar-refractivity contribution in [1.29, 1.82) is 0 Å². The molecule has 0 aromatic heterocycles. The van der Waals surface area contributed by atoms with Crippen molar-refractivity contribution in [1.82, 2.24) is 5.01 Å². The van der Waals surface area contributed by atoms with Gasteiger partial charge in [-0.1, -0.05) is 23.7 Å². The van der Waals surface area contributed by atoms with Gasteiger partial charge in [0, 0.05) is 17.0 Å². The summed E-state index contributed by atoms with van der Waals surface area (Å²) in [5, 5.41) is 7.69. The molecule has 0 unspecified atom stereocenters. The van der Waals surface area contributed by atoms with Crippen LogP contribution < -0.4 is 14.2 Å². The van der Waals surface area contributed by atoms with E-state index in [0.717, 1.165) is 46.1 Å². The first-order valence-corrected chi connectivity index (χ1v) is 10.1. The van der Waals surface area contributed by atoms with Crippen LogP contribution >= 0.6 is 11.6 Å². The fourth-order valence-corrected chi connectivity index (χ4v) is 4.27. The van der Waals surface area contributed by atoms with Gasteiger partial charge in [0.2, 0.25) is 6.23 Å². The third-order valence-corrected chi connectivity index (χ3v) is 5.82. The highest BCUT2D eigenvalue weighted by Crippen LogP contribution is 2.49. The predicted molar refractivity (Wildman–Crippen MR) is 117 cm³/mol. The molecular weight excluding hydrogens is 400 g/mol. The molecule has 5 rings (SSSR count). The van der Waals surface area contributed by atoms with Crippen LogP contribution in [0.4, 0.5) is 0 Å². The van der Waals surface area contributed by atoms with Gasteiger partial charge in [0.15, 0.2) is 0 Å². The molecule has 0 bridgehead atoms. The zero-order chi connectivity index (χ0) is 20.7. The molecule has 0 saturated heterocycles. The van der Waals surface area contributed by atoms with E-state index < -0.39 is 6.23 Å². The summed E-state index contributed by atoms with van der Waals surface area (Å²) in [5.74, 6) is 2.41. The minimum atomic E-state index is -0.393. The Balaban J connectivity index is 1.60. The van der Waals surface area contributed by atoms with Gasteiger partial charge in [-0.05, 0) is 60.2 Å². The number of hydrogen-bond donors (Lipinski definition) is 0. The molecule has 0 fully saturated rings. The predicted octanol–water partition coefficient (Wildman–Crippen LogP) is 5.60. The smallest absolute Gasteiger partial charge is 0.217 e. The molecule has 6 heteroatoms. The van der Waals surface area contributed by atoms with Gasteiger partial charge in [-0.2, -0.15) is 5.10 Å². The Morgan fingerprint density at radius 1 is 0.967 bits per heavy atom. The van der Waals surface area contributed by atoms with E-state index in [2.05, 4.69) is 0 Å². The number of methoxy groups -OCH3 is 2. The second-order valence-corrected chi connectivity index (χ2v) is 7.71. The van der Waals surface area contributed by atoms with Crippen molar-refractivity contribution < 1.29 is 14.2 Å². The van der Waals surface area contributed by atoms with E-state index in [9.17, 15) is 0 Å². The number of hydrazone groups is 1. The quantitative estimate of drug-likeness (QED) is 0.551. The monoisotopic (exact) mass is 420 g/mol. The molecule has 5 nitrogen and oxygen atoms in total. The summed E-state index contributed by atoms with van der Waals surface area (Å²) in [4.78, 5) is 0. The molecule has 0 aliphatic carbocycles. The van der Waals surface area contributed by atoms with Gasteiger partial charge in [0.05, 0.1) is 31.5 Å². The third-order valence-electron chi connectivity index (χ3n) is 5.58. The Hall–Kier alpha value is -3.18. The first-order chi connectivity index (χ1) is 14.7. The summed E-state index contributed by atoms with van der Waals surface area (Å²) in [7, 11) is 3.33. The number of ether oxygens (including phenoxy) is 3. The molecule has 152 valence electrons. The molecule has 2 atom stereocenters. The maximum absolute atomic E-state index is 6.41. The number of benzene rings is 3. The Morgan fingerprint density at radius 2 is 1.77 bits per heavy atom. The molecule has 2 heterocycles. The van der Waals surface area contributed by atoms with Crippen LogP contribution in [-0.4, -0.2) is 24.9 Å². The zero-order valence-corrected chi connectivity index (χ0v) is 17.5. The molecule has 2 aliphatic heterocycles. The molecule has 0 saturated carbocycles. The van der Waals surface area contributed by atoms with Gasteiger partial charge in [-0.3, -0.25) is 0 Å². The van der Waals surface area contributed by atoms with Crippen LogP contribution in [0.2, 0.25) is 5.02 Å². The largest absolute Gasteiger partial charge is 0.497 e. The molecule has 0 N–H and O–H groups in total. The summed E-state index contributed by atoms with van der Waals surface area (Å²) in [5.41, 5.74) is 4.04. The minimum absolute atomic E-state index is 0.0273. The van der Waals surface area contributed by atoms with Gasteiger partial charge in [0.1, 0.15) is 17.2 Å². The van der Waals surface area contributed by atoms with E-state index in [-0.39, 0.29) is 6.04 Å². The molecule has 2 aliphatic rings. The van der Waals surface area contributed by atoms with E-state index in [1.165, 1.54) is 0 Å². The molecule has 3 aromatic carbocycles. The highest BCUT2D eigenvalue weighted by atomic mass is 35.5. The zero-order valence-electron chi connectivity index (χ0n) is 16.7. The standard InChI is InChI=1S/C24H21ClN2O3/c1-28-17-10-7-15(8-11-17)20-14-21-19-13-16(25)9-12-23(19)30-24(27(21)26-20)18-5-3-4-6-22(18)29-2/h3-13,21,24H,14H2,1-2H3/t21-,24-/m0/s1. The van der Waals surface area contributed by atoms with Crippen molar-refractivity contribution in [2.75, 3.05) is 14.2 Å². The van der Waals surface area contributed by atoms with Crippen LogP contribution in [0.25, 0.3) is 0 Å². The summed E-state index contributed by atoms with van der Waals surface area (Å²) in [6, 6.07) is 21.7. The second-order valence-electron chi connectivity index (χ2n) is 7.27. The summed E-state index contributed by atoms with van der Waals surface area (Å²) >= 11 is 6.31. The number of fused-ring (bicyclic) bond motifs is 3. The Labute approximate surface area is 180 Å². The fourth-order valence-electron chi connectivity index (χ4n) is 4.09. The van der Waals surface area contributed by atoms with Crippen molar-refractivity contribution in [3.05, 3.63) is 88.4 Å². The Morgan fingerprint density at radius 3 is 2.53 bits per heavy atom. The molecule has 3 aromatic rings. The van der Waals surface area contributed by atoms with Crippen LogP contribution in [0.15, 0.2) is 71.8 Å².